The SMILES string of the molecule is CS(=O)(=O)N[C@H]1CCCC[C@@H]1N1C(=O)c2ccccc2[C@@H](C(=O)NOCC(=O)O)[C@@H]1c1ccc(Cl)cc1Cl. The molecule has 2 aliphatic rings. The molecule has 2 aromatic carbocycles. The Morgan fingerprint density at radius 2 is 1.82 bits per heavy atom. The average molecular weight is 584 g/mol. The van der Waals surface area contributed by atoms with Crippen LogP contribution in [0.3, 0.4) is 0 Å². The molecule has 1 saturated carbocycles. The molecule has 0 spiro atoms. The zero-order chi connectivity index (χ0) is 27.6. The van der Waals surface area contributed by atoms with E-state index in [0.29, 0.717) is 29.0 Å². The van der Waals surface area contributed by atoms with Crippen molar-refractivity contribution in [2.24, 2.45) is 0 Å². The Bertz CT molecular complexity index is 1350. The molecule has 4 rings (SSSR count). The lowest BCUT2D eigenvalue weighted by Gasteiger charge is -2.49. The van der Waals surface area contributed by atoms with Crippen molar-refractivity contribution in [3.8, 4) is 0 Å². The van der Waals surface area contributed by atoms with Gasteiger partial charge in [-0.2, -0.15) is 0 Å². The Kier molecular flexibility index (Phi) is 8.63. The number of carboxylic acid groups (broad SMARTS) is 1. The number of carboxylic acids is 1. The van der Waals surface area contributed by atoms with Crippen molar-refractivity contribution in [1.82, 2.24) is 15.1 Å². The molecule has 38 heavy (non-hydrogen) atoms. The second kappa shape index (κ2) is 11.6. The fourth-order valence-corrected chi connectivity index (χ4v) is 6.71. The summed E-state index contributed by atoms with van der Waals surface area (Å²) in [5.41, 5.74) is 3.32. The summed E-state index contributed by atoms with van der Waals surface area (Å²) >= 11 is 12.8. The molecule has 0 bridgehead atoms. The van der Waals surface area contributed by atoms with Crippen LogP contribution in [-0.2, 0) is 24.4 Å². The van der Waals surface area contributed by atoms with Crippen molar-refractivity contribution in [2.45, 2.75) is 49.7 Å². The molecular formula is C25H27Cl2N3O7S. The smallest absolute Gasteiger partial charge is 0.332 e. The maximum atomic E-state index is 14.1. The van der Waals surface area contributed by atoms with E-state index in [4.69, 9.17) is 33.1 Å². The molecular weight excluding hydrogens is 557 g/mol. The predicted octanol–water partition coefficient (Wildman–Crippen LogP) is 3.27. The van der Waals surface area contributed by atoms with E-state index in [1.54, 1.807) is 41.3 Å². The number of carbonyl (C=O) groups is 3. The Hall–Kier alpha value is -2.70. The molecule has 13 heteroatoms. The lowest BCUT2D eigenvalue weighted by Crippen LogP contribution is -2.59. The van der Waals surface area contributed by atoms with Gasteiger partial charge in [-0.1, -0.05) is 60.3 Å². The number of benzene rings is 2. The van der Waals surface area contributed by atoms with E-state index >= 15 is 0 Å². The molecule has 0 radical (unpaired) electrons. The van der Waals surface area contributed by atoms with Gasteiger partial charge in [-0.3, -0.25) is 14.4 Å². The number of carbonyl (C=O) groups excluding carboxylic acids is 2. The number of halogens is 2. The van der Waals surface area contributed by atoms with Gasteiger partial charge in [0.1, 0.15) is 0 Å². The zero-order valence-electron chi connectivity index (χ0n) is 20.4. The normalized spacial score (nSPS) is 23.6. The van der Waals surface area contributed by atoms with E-state index in [9.17, 15) is 22.8 Å². The fraction of sp³-hybridized carbons (Fsp3) is 0.400. The van der Waals surface area contributed by atoms with Crippen LogP contribution in [0.2, 0.25) is 10.0 Å². The average Bonchev–Trinajstić information content (AvgIpc) is 2.83. The Labute approximate surface area is 230 Å². The summed E-state index contributed by atoms with van der Waals surface area (Å²) in [6.07, 6.45) is 3.57. The van der Waals surface area contributed by atoms with E-state index in [2.05, 4.69) is 10.2 Å². The molecule has 1 heterocycles. The van der Waals surface area contributed by atoms with Crippen molar-refractivity contribution in [1.29, 1.82) is 0 Å². The van der Waals surface area contributed by atoms with Gasteiger partial charge in [-0.25, -0.2) is 23.4 Å². The molecule has 10 nitrogen and oxygen atoms in total. The van der Waals surface area contributed by atoms with Gasteiger partial charge in [0.2, 0.25) is 10.0 Å². The van der Waals surface area contributed by atoms with Crippen molar-refractivity contribution >= 4 is 51.0 Å². The first-order valence-electron chi connectivity index (χ1n) is 11.9. The van der Waals surface area contributed by atoms with Crippen LogP contribution in [0.1, 0.15) is 59.1 Å². The van der Waals surface area contributed by atoms with Crippen LogP contribution < -0.4 is 10.2 Å². The van der Waals surface area contributed by atoms with E-state index in [1.165, 1.54) is 6.07 Å². The highest BCUT2D eigenvalue weighted by atomic mass is 35.5. The van der Waals surface area contributed by atoms with Gasteiger partial charge in [0.15, 0.2) is 6.61 Å². The summed E-state index contributed by atoms with van der Waals surface area (Å²) in [6.45, 7) is -0.766. The minimum atomic E-state index is -3.61. The number of hydrogen-bond acceptors (Lipinski definition) is 6. The highest BCUT2D eigenvalue weighted by Crippen LogP contribution is 2.47. The number of hydrogen-bond donors (Lipinski definition) is 3. The number of amides is 2. The van der Waals surface area contributed by atoms with Gasteiger partial charge < -0.3 is 10.0 Å². The third-order valence-electron chi connectivity index (χ3n) is 6.76. The summed E-state index contributed by atoms with van der Waals surface area (Å²) in [4.78, 5) is 45.1. The Balaban J connectivity index is 1.89. The van der Waals surface area contributed by atoms with Crippen LogP contribution in [0.5, 0.6) is 0 Å². The molecule has 0 aromatic heterocycles. The molecule has 1 aliphatic heterocycles. The largest absolute Gasteiger partial charge is 0.479 e. The van der Waals surface area contributed by atoms with Crippen molar-refractivity contribution in [3.63, 3.8) is 0 Å². The third kappa shape index (κ3) is 6.13. The number of nitrogens with one attached hydrogen (secondary N) is 2. The predicted molar refractivity (Wildman–Crippen MR) is 140 cm³/mol. The molecule has 4 atom stereocenters. The van der Waals surface area contributed by atoms with E-state index in [1.807, 2.05) is 0 Å². The molecule has 0 saturated heterocycles. The van der Waals surface area contributed by atoms with Crippen molar-refractivity contribution < 1.29 is 32.7 Å². The third-order valence-corrected chi connectivity index (χ3v) is 8.05. The topological polar surface area (TPSA) is 142 Å². The Morgan fingerprint density at radius 1 is 1.11 bits per heavy atom. The van der Waals surface area contributed by atoms with Gasteiger partial charge in [0.05, 0.1) is 18.2 Å². The molecule has 0 unspecified atom stereocenters. The first-order valence-corrected chi connectivity index (χ1v) is 14.6. The number of sulfonamides is 1. The van der Waals surface area contributed by atoms with Gasteiger partial charge >= 0.3 is 5.97 Å². The molecule has 1 fully saturated rings. The maximum absolute atomic E-state index is 14.1. The fourth-order valence-electron chi connectivity index (χ4n) is 5.36. The standard InChI is InChI=1S/C25H27Cl2N3O7S/c1-38(35,36)29-19-8-4-5-9-20(19)30-23(17-11-10-14(26)12-18(17)27)22(24(33)28-37-13-21(31)32)15-6-2-3-7-16(15)25(30)34/h2-3,6-7,10-12,19-20,22-23,29H,4-5,8-9,13H2,1H3,(H,28,33)(H,31,32)/t19-,20-,22+,23-/m0/s1. The zero-order valence-corrected chi connectivity index (χ0v) is 22.7. The van der Waals surface area contributed by atoms with E-state index < -0.39 is 52.6 Å². The lowest BCUT2D eigenvalue weighted by molar-refractivity contribution is -0.150. The van der Waals surface area contributed by atoms with Gasteiger partial charge in [-0.15, -0.1) is 0 Å². The molecule has 3 N–H and O–H groups in total. The summed E-state index contributed by atoms with van der Waals surface area (Å²) < 4.78 is 27.1. The second-order valence-corrected chi connectivity index (χ2v) is 12.0. The number of nitrogens with zero attached hydrogens (tertiary/aromatic N) is 1. The number of hydroxylamine groups is 1. The van der Waals surface area contributed by atoms with Gasteiger partial charge in [0.25, 0.3) is 11.8 Å². The Morgan fingerprint density at radius 3 is 2.50 bits per heavy atom. The highest BCUT2D eigenvalue weighted by molar-refractivity contribution is 7.88. The van der Waals surface area contributed by atoms with Crippen LogP contribution in [0, 0.1) is 0 Å². The van der Waals surface area contributed by atoms with Crippen molar-refractivity contribution in [3.05, 3.63) is 69.2 Å². The van der Waals surface area contributed by atoms with Crippen LogP contribution in [0.15, 0.2) is 42.5 Å². The number of rotatable bonds is 8. The molecule has 2 aromatic rings. The number of aliphatic carboxylic acids is 1. The van der Waals surface area contributed by atoms with Crippen LogP contribution in [0.4, 0.5) is 0 Å². The summed E-state index contributed by atoms with van der Waals surface area (Å²) in [7, 11) is -3.61. The summed E-state index contributed by atoms with van der Waals surface area (Å²) in [5.74, 6) is -3.40. The first-order chi connectivity index (χ1) is 18.0. The molecule has 204 valence electrons. The minimum absolute atomic E-state index is 0.215. The summed E-state index contributed by atoms with van der Waals surface area (Å²) in [5, 5.41) is 9.51. The van der Waals surface area contributed by atoms with Crippen LogP contribution >= 0.6 is 23.2 Å². The van der Waals surface area contributed by atoms with E-state index in [-0.39, 0.29) is 16.5 Å². The monoisotopic (exact) mass is 583 g/mol. The maximum Gasteiger partial charge on any atom is 0.332 e. The molecule has 2 amide bonds. The highest BCUT2D eigenvalue weighted by Gasteiger charge is 2.49. The van der Waals surface area contributed by atoms with Gasteiger partial charge in [-0.05, 0) is 42.2 Å². The van der Waals surface area contributed by atoms with Gasteiger partial charge in [0, 0.05) is 27.7 Å². The second-order valence-electron chi connectivity index (χ2n) is 9.39. The van der Waals surface area contributed by atoms with Crippen LogP contribution in [0.25, 0.3) is 0 Å². The molecule has 1 aliphatic carbocycles. The van der Waals surface area contributed by atoms with Crippen molar-refractivity contribution in [2.75, 3.05) is 12.9 Å². The first kappa shape index (κ1) is 28.3. The van der Waals surface area contributed by atoms with Crippen LogP contribution in [-0.4, -0.2) is 61.2 Å². The quantitative estimate of drug-likeness (QED) is 0.405. The minimum Gasteiger partial charge on any atom is -0.479 e. The number of fused-ring (bicyclic) bond motifs is 1. The summed E-state index contributed by atoms with van der Waals surface area (Å²) in [6, 6.07) is 9.19. The lowest BCUT2D eigenvalue weighted by atomic mass is 9.76. The van der Waals surface area contributed by atoms with E-state index in [0.717, 1.165) is 19.1 Å².